The van der Waals surface area contributed by atoms with Crippen LogP contribution in [-0.2, 0) is 9.59 Å². The highest BCUT2D eigenvalue weighted by Crippen LogP contribution is 2.42. The molecule has 0 spiro atoms. The van der Waals surface area contributed by atoms with Gasteiger partial charge in [0, 0.05) is 18.2 Å². The highest BCUT2D eigenvalue weighted by molar-refractivity contribution is 6.46. The van der Waals surface area contributed by atoms with E-state index < -0.39 is 17.7 Å². The number of ether oxygens (including phenoxy) is 3. The van der Waals surface area contributed by atoms with Crippen molar-refractivity contribution in [2.24, 2.45) is 0 Å². The number of Topliss-reactive ketones (excluding diaryl/α,β-unsaturated/α-hetero) is 1. The highest BCUT2D eigenvalue weighted by atomic mass is 16.5. The van der Waals surface area contributed by atoms with Crippen LogP contribution in [0, 0.1) is 0 Å². The number of hydrogen-bond donors (Lipinski definition) is 1. The van der Waals surface area contributed by atoms with Gasteiger partial charge in [0.2, 0.25) is 0 Å². The third-order valence-corrected chi connectivity index (χ3v) is 4.77. The molecule has 0 bridgehead atoms. The summed E-state index contributed by atoms with van der Waals surface area (Å²) in [6, 6.07) is 11.1. The quantitative estimate of drug-likeness (QED) is 0.485. The summed E-state index contributed by atoms with van der Waals surface area (Å²) in [6.07, 6.45) is 0. The van der Waals surface area contributed by atoms with E-state index in [0.717, 1.165) is 0 Å². The molecule has 1 N–H and O–H groups in total. The van der Waals surface area contributed by atoms with Crippen molar-refractivity contribution in [1.29, 1.82) is 0 Å². The Labute approximate surface area is 162 Å². The molecule has 146 valence electrons. The van der Waals surface area contributed by atoms with Gasteiger partial charge in [-0.2, -0.15) is 0 Å². The monoisotopic (exact) mass is 383 g/mol. The lowest BCUT2D eigenvalue weighted by Crippen LogP contribution is -2.25. The highest BCUT2D eigenvalue weighted by Gasteiger charge is 2.45. The predicted molar refractivity (Wildman–Crippen MR) is 103 cm³/mol. The van der Waals surface area contributed by atoms with Crippen molar-refractivity contribution in [3.63, 3.8) is 0 Å². The van der Waals surface area contributed by atoms with E-state index in [2.05, 4.69) is 0 Å². The summed E-state index contributed by atoms with van der Waals surface area (Å²) in [5, 5.41) is 10.9. The lowest BCUT2D eigenvalue weighted by Gasteiger charge is -2.23. The van der Waals surface area contributed by atoms with Crippen LogP contribution in [0.4, 0.5) is 0 Å². The van der Waals surface area contributed by atoms with E-state index in [1.165, 1.54) is 33.3 Å². The van der Waals surface area contributed by atoms with Crippen LogP contribution in [0.1, 0.15) is 17.2 Å². The lowest BCUT2D eigenvalue weighted by molar-refractivity contribution is -0.139. The van der Waals surface area contributed by atoms with Crippen molar-refractivity contribution in [2.75, 3.05) is 28.4 Å². The Morgan fingerprint density at radius 2 is 1.57 bits per heavy atom. The number of likely N-dealkylation sites (tertiary alicyclic amines) is 1. The van der Waals surface area contributed by atoms with Gasteiger partial charge in [-0.05, 0) is 24.3 Å². The number of rotatable bonds is 5. The number of benzene rings is 2. The minimum atomic E-state index is -0.774. The molecule has 1 aliphatic heterocycles. The van der Waals surface area contributed by atoms with Gasteiger partial charge in [-0.15, -0.1) is 0 Å². The number of ketones is 1. The van der Waals surface area contributed by atoms with Crippen molar-refractivity contribution in [2.45, 2.75) is 6.04 Å². The summed E-state index contributed by atoms with van der Waals surface area (Å²) >= 11 is 0. The van der Waals surface area contributed by atoms with Gasteiger partial charge in [-0.1, -0.05) is 18.2 Å². The number of hydrogen-bond acceptors (Lipinski definition) is 6. The van der Waals surface area contributed by atoms with Gasteiger partial charge in [0.05, 0.1) is 32.9 Å². The van der Waals surface area contributed by atoms with Crippen LogP contribution in [0.2, 0.25) is 0 Å². The molecule has 0 aliphatic carbocycles. The fraction of sp³-hybridized carbons (Fsp3) is 0.238. The predicted octanol–water partition coefficient (Wildman–Crippen LogP) is 2.76. The third kappa shape index (κ3) is 3.05. The van der Waals surface area contributed by atoms with Crippen LogP contribution in [0.25, 0.3) is 5.76 Å². The normalized spacial score (nSPS) is 18.3. The van der Waals surface area contributed by atoms with Gasteiger partial charge < -0.3 is 24.2 Å². The van der Waals surface area contributed by atoms with Gasteiger partial charge in [0.25, 0.3) is 11.7 Å². The Bertz CT molecular complexity index is 965. The molecule has 0 saturated carbocycles. The number of para-hydroxylation sites is 1. The molecule has 7 nitrogen and oxygen atoms in total. The molecule has 1 saturated heterocycles. The summed E-state index contributed by atoms with van der Waals surface area (Å²) in [5.74, 6) is -0.356. The molecule has 1 heterocycles. The van der Waals surface area contributed by atoms with Crippen LogP contribution >= 0.6 is 0 Å². The fourth-order valence-corrected chi connectivity index (χ4v) is 3.34. The van der Waals surface area contributed by atoms with Gasteiger partial charge in [-0.25, -0.2) is 0 Å². The minimum absolute atomic E-state index is 0.00998. The van der Waals surface area contributed by atoms with Gasteiger partial charge in [0.1, 0.15) is 11.5 Å². The lowest BCUT2D eigenvalue weighted by atomic mass is 9.94. The first-order chi connectivity index (χ1) is 13.4. The molecule has 28 heavy (non-hydrogen) atoms. The molecule has 1 aliphatic rings. The standard InChI is InChI=1S/C21H21NO6/c1-22-18(13-7-5-6-8-14(13)26-2)17(20(24)21(22)25)19(23)12-9-10-15(27-3)16(11-12)28-4/h5-11,18,23H,1-4H3. The number of nitrogens with zero attached hydrogens (tertiary/aromatic N) is 1. The van der Waals surface area contributed by atoms with E-state index in [1.54, 1.807) is 42.5 Å². The smallest absolute Gasteiger partial charge is 0.295 e. The molecule has 1 amide bonds. The second-order valence-corrected chi connectivity index (χ2v) is 6.22. The summed E-state index contributed by atoms with van der Waals surface area (Å²) in [6.45, 7) is 0. The average Bonchev–Trinajstić information content (AvgIpc) is 2.96. The third-order valence-electron chi connectivity index (χ3n) is 4.77. The molecule has 0 radical (unpaired) electrons. The van der Waals surface area contributed by atoms with E-state index in [-0.39, 0.29) is 11.3 Å². The molecule has 0 aromatic heterocycles. The molecule has 1 unspecified atom stereocenters. The minimum Gasteiger partial charge on any atom is -0.507 e. The van der Waals surface area contributed by atoms with Crippen molar-refractivity contribution in [3.05, 3.63) is 59.2 Å². The second-order valence-electron chi connectivity index (χ2n) is 6.22. The number of aliphatic hydroxyl groups excluding tert-OH is 1. The zero-order valence-electron chi connectivity index (χ0n) is 16.1. The largest absolute Gasteiger partial charge is 0.507 e. The van der Waals surface area contributed by atoms with E-state index in [0.29, 0.717) is 28.4 Å². The van der Waals surface area contributed by atoms with Crippen LogP contribution in [-0.4, -0.2) is 50.1 Å². The molecule has 1 atom stereocenters. The van der Waals surface area contributed by atoms with Crippen LogP contribution < -0.4 is 14.2 Å². The molecule has 7 heteroatoms. The average molecular weight is 383 g/mol. The zero-order valence-corrected chi connectivity index (χ0v) is 16.1. The van der Waals surface area contributed by atoms with Gasteiger partial charge >= 0.3 is 0 Å². The first kappa shape index (κ1) is 19.3. The first-order valence-corrected chi connectivity index (χ1v) is 8.54. The van der Waals surface area contributed by atoms with Gasteiger partial charge in [0.15, 0.2) is 11.5 Å². The molecular formula is C21H21NO6. The van der Waals surface area contributed by atoms with Crippen LogP contribution in [0.15, 0.2) is 48.0 Å². The van der Waals surface area contributed by atoms with E-state index >= 15 is 0 Å². The maximum absolute atomic E-state index is 12.7. The molecule has 1 fully saturated rings. The van der Waals surface area contributed by atoms with Crippen molar-refractivity contribution in [1.82, 2.24) is 4.90 Å². The Hall–Kier alpha value is -3.48. The second kappa shape index (κ2) is 7.64. The Balaban J connectivity index is 2.21. The van der Waals surface area contributed by atoms with Crippen molar-refractivity contribution in [3.8, 4) is 17.2 Å². The summed E-state index contributed by atoms with van der Waals surface area (Å²) in [7, 11) is 6.00. The summed E-state index contributed by atoms with van der Waals surface area (Å²) in [5.41, 5.74) is 0.932. The number of amides is 1. The number of aliphatic hydroxyl groups is 1. The Kier molecular flexibility index (Phi) is 5.26. The number of methoxy groups -OCH3 is 3. The molecule has 2 aromatic carbocycles. The fourth-order valence-electron chi connectivity index (χ4n) is 3.34. The Morgan fingerprint density at radius 1 is 0.929 bits per heavy atom. The SMILES string of the molecule is COc1ccc(C(O)=C2C(=O)C(=O)N(C)C2c2ccccc2OC)cc1OC. The zero-order chi connectivity index (χ0) is 20.4. The Morgan fingerprint density at radius 3 is 2.21 bits per heavy atom. The van der Waals surface area contributed by atoms with E-state index in [4.69, 9.17) is 14.2 Å². The number of carbonyl (C=O) groups excluding carboxylic acids is 2. The summed E-state index contributed by atoms with van der Waals surface area (Å²) < 4.78 is 15.9. The molecule has 3 rings (SSSR count). The topological polar surface area (TPSA) is 85.3 Å². The van der Waals surface area contributed by atoms with Crippen LogP contribution in [0.5, 0.6) is 17.2 Å². The number of likely N-dealkylation sites (N-methyl/N-ethyl adjacent to an activating group) is 1. The molecule has 2 aromatic rings. The van der Waals surface area contributed by atoms with Gasteiger partial charge in [-0.3, -0.25) is 9.59 Å². The van der Waals surface area contributed by atoms with E-state index in [1.807, 2.05) is 0 Å². The maximum atomic E-state index is 12.7. The maximum Gasteiger partial charge on any atom is 0.295 e. The van der Waals surface area contributed by atoms with Crippen molar-refractivity contribution >= 4 is 17.4 Å². The summed E-state index contributed by atoms with van der Waals surface area (Å²) in [4.78, 5) is 26.4. The van der Waals surface area contributed by atoms with E-state index in [9.17, 15) is 14.7 Å². The van der Waals surface area contributed by atoms with Crippen LogP contribution in [0.3, 0.4) is 0 Å². The van der Waals surface area contributed by atoms with Crippen molar-refractivity contribution < 1.29 is 28.9 Å². The molecular weight excluding hydrogens is 362 g/mol. The number of carbonyl (C=O) groups is 2. The first-order valence-electron chi connectivity index (χ1n) is 8.54.